The average molecular weight is 517 g/mol. The number of ether oxygens (including phenoxy) is 1. The van der Waals surface area contributed by atoms with Gasteiger partial charge in [-0.25, -0.2) is 0 Å². The van der Waals surface area contributed by atoms with Gasteiger partial charge in [-0.3, -0.25) is 9.59 Å². The van der Waals surface area contributed by atoms with Gasteiger partial charge in [0.1, 0.15) is 18.1 Å². The first-order valence-electron chi connectivity index (χ1n) is 13.9. The van der Waals surface area contributed by atoms with Gasteiger partial charge in [-0.1, -0.05) is 18.7 Å². The van der Waals surface area contributed by atoms with Crippen molar-refractivity contribution < 1.29 is 14.3 Å². The van der Waals surface area contributed by atoms with E-state index in [-0.39, 0.29) is 17.8 Å². The third-order valence-corrected chi connectivity index (χ3v) is 8.53. The molecule has 1 atom stereocenters. The van der Waals surface area contributed by atoms with Gasteiger partial charge in [-0.2, -0.15) is 9.97 Å². The maximum Gasteiger partial charge on any atom is 0.319 e. The Labute approximate surface area is 224 Å². The number of carbonyl (C=O) groups is 2. The van der Waals surface area contributed by atoms with Crippen molar-refractivity contribution in [3.63, 3.8) is 0 Å². The van der Waals surface area contributed by atoms with Crippen LogP contribution in [-0.2, 0) is 24.2 Å². The molecule has 1 aliphatic carbocycles. The number of carbonyl (C=O) groups excluding carboxylic acids is 2. The highest BCUT2D eigenvalue weighted by Gasteiger charge is 2.37. The van der Waals surface area contributed by atoms with E-state index in [0.29, 0.717) is 51.1 Å². The number of aryl methyl sites for hydroxylation is 1. The molecule has 0 bridgehead atoms. The van der Waals surface area contributed by atoms with Gasteiger partial charge in [0.2, 0.25) is 5.91 Å². The minimum Gasteiger partial charge on any atom is -0.462 e. The number of rotatable bonds is 6. The number of likely N-dealkylation sites (N-methyl/N-ethyl adjacent to an activating group) is 1. The van der Waals surface area contributed by atoms with Gasteiger partial charge in [-0.15, -0.1) is 0 Å². The molecule has 0 radical (unpaired) electrons. The molecule has 2 saturated heterocycles. The minimum atomic E-state index is -0.0917. The van der Waals surface area contributed by atoms with Crippen LogP contribution in [0, 0.1) is 0 Å². The van der Waals surface area contributed by atoms with Crippen molar-refractivity contribution in [3.05, 3.63) is 53.2 Å². The summed E-state index contributed by atoms with van der Waals surface area (Å²) in [5.41, 5.74) is 4.90. The van der Waals surface area contributed by atoms with Crippen molar-refractivity contribution in [2.24, 2.45) is 0 Å². The molecule has 200 valence electrons. The number of hydrogen-bond donors (Lipinski definition) is 0. The Hall–Kier alpha value is -3.46. The fourth-order valence-electron chi connectivity index (χ4n) is 6.30. The lowest BCUT2D eigenvalue weighted by molar-refractivity contribution is -0.126. The summed E-state index contributed by atoms with van der Waals surface area (Å²) in [7, 11) is 2.11. The van der Waals surface area contributed by atoms with Crippen LogP contribution in [0.4, 0.5) is 11.5 Å². The Morgan fingerprint density at radius 3 is 2.66 bits per heavy atom. The Bertz CT molecular complexity index is 1260. The summed E-state index contributed by atoms with van der Waals surface area (Å²) in [6.07, 6.45) is 7.99. The van der Waals surface area contributed by atoms with E-state index in [2.05, 4.69) is 46.6 Å². The molecule has 6 rings (SSSR count). The van der Waals surface area contributed by atoms with E-state index in [1.165, 1.54) is 23.6 Å². The lowest BCUT2D eigenvalue weighted by atomic mass is 9.90. The second-order valence-electron chi connectivity index (χ2n) is 10.8. The summed E-state index contributed by atoms with van der Waals surface area (Å²) >= 11 is 0. The third-order valence-electron chi connectivity index (χ3n) is 8.53. The Kier molecular flexibility index (Phi) is 6.78. The van der Waals surface area contributed by atoms with Crippen LogP contribution >= 0.6 is 0 Å². The topological polar surface area (TPSA) is 82.1 Å². The van der Waals surface area contributed by atoms with Crippen LogP contribution in [-0.4, -0.2) is 84.0 Å². The predicted molar refractivity (Wildman–Crippen MR) is 146 cm³/mol. The first-order chi connectivity index (χ1) is 18.5. The highest BCUT2D eigenvalue weighted by molar-refractivity contribution is 6.10. The third kappa shape index (κ3) is 4.53. The fourth-order valence-corrected chi connectivity index (χ4v) is 6.30. The van der Waals surface area contributed by atoms with Gasteiger partial charge < -0.3 is 24.3 Å². The molecule has 1 aromatic carbocycles. The Balaban J connectivity index is 1.32. The van der Waals surface area contributed by atoms with Crippen molar-refractivity contribution in [2.45, 2.75) is 51.1 Å². The molecule has 0 unspecified atom stereocenters. The summed E-state index contributed by atoms with van der Waals surface area (Å²) in [6, 6.07) is 6.90. The van der Waals surface area contributed by atoms with Gasteiger partial charge in [-0.05, 0) is 75.4 Å². The summed E-state index contributed by atoms with van der Waals surface area (Å²) < 4.78 is 6.13. The van der Waals surface area contributed by atoms with Crippen LogP contribution in [0.1, 0.15) is 52.9 Å². The lowest BCUT2D eigenvalue weighted by Gasteiger charge is -2.35. The zero-order valence-electron chi connectivity index (χ0n) is 22.2. The minimum absolute atomic E-state index is 0.0579. The van der Waals surface area contributed by atoms with Crippen LogP contribution < -0.4 is 14.5 Å². The maximum atomic E-state index is 13.9. The van der Waals surface area contributed by atoms with E-state index in [1.807, 2.05) is 4.90 Å². The standard InChI is InChI=1S/C29H36N6O3/c1-3-25(36)33-14-16-34(17-15-33)27-23-18-35(24-12-6-9-20-8-4-5-11-22(20)24)28(37)26(23)30-29(31-27)38-19-21-10-7-13-32(21)2/h3,6,9,12,21H,1,4-5,7-8,10-11,13-19H2,2H3/t21-/m0/s1. The smallest absolute Gasteiger partial charge is 0.319 e. The SMILES string of the molecule is C=CC(=O)N1CCN(c2nc(OC[C@@H]3CCCN3C)nc3c2CN(c2cccc4c2CCCC4)C3=O)CC1. The predicted octanol–water partition coefficient (Wildman–Crippen LogP) is 2.82. The summed E-state index contributed by atoms with van der Waals surface area (Å²) in [6.45, 7) is 8.04. The van der Waals surface area contributed by atoms with E-state index in [1.54, 1.807) is 4.90 Å². The molecule has 1 aromatic heterocycles. The van der Waals surface area contributed by atoms with Crippen LogP contribution in [0.25, 0.3) is 0 Å². The molecule has 4 aliphatic rings. The highest BCUT2D eigenvalue weighted by Crippen LogP contribution is 2.38. The molecule has 9 heteroatoms. The van der Waals surface area contributed by atoms with Gasteiger partial charge in [0.25, 0.3) is 5.91 Å². The molecule has 2 fully saturated rings. The lowest BCUT2D eigenvalue weighted by Crippen LogP contribution is -2.48. The first kappa shape index (κ1) is 24.9. The fraction of sp³-hybridized carbons (Fsp3) is 0.517. The summed E-state index contributed by atoms with van der Waals surface area (Å²) in [5, 5.41) is 0. The molecule has 38 heavy (non-hydrogen) atoms. The number of benzene rings is 1. The van der Waals surface area contributed by atoms with Gasteiger partial charge >= 0.3 is 6.01 Å². The molecule has 0 spiro atoms. The van der Waals surface area contributed by atoms with Crippen LogP contribution in [0.3, 0.4) is 0 Å². The molecule has 2 amide bonds. The van der Waals surface area contributed by atoms with Gasteiger partial charge in [0, 0.05) is 43.5 Å². The first-order valence-corrected chi connectivity index (χ1v) is 13.9. The molecule has 3 aliphatic heterocycles. The molecule has 4 heterocycles. The number of piperazine rings is 1. The number of fused-ring (bicyclic) bond motifs is 2. The largest absolute Gasteiger partial charge is 0.462 e. The van der Waals surface area contributed by atoms with Crippen LogP contribution in [0.5, 0.6) is 6.01 Å². The zero-order chi connectivity index (χ0) is 26.2. The monoisotopic (exact) mass is 516 g/mol. The van der Waals surface area contributed by atoms with Crippen molar-refractivity contribution in [3.8, 4) is 6.01 Å². The van der Waals surface area contributed by atoms with Gasteiger partial charge in [0.15, 0.2) is 0 Å². The second kappa shape index (κ2) is 10.4. The van der Waals surface area contributed by atoms with E-state index in [9.17, 15) is 9.59 Å². The van der Waals surface area contributed by atoms with Gasteiger partial charge in [0.05, 0.1) is 6.54 Å². The molecule has 2 aromatic rings. The summed E-state index contributed by atoms with van der Waals surface area (Å²) in [5.74, 6) is 0.597. The van der Waals surface area contributed by atoms with Crippen LogP contribution in [0.2, 0.25) is 0 Å². The number of anilines is 2. The molecular formula is C29H36N6O3. The number of amides is 2. The number of nitrogens with zero attached hydrogens (tertiary/aromatic N) is 6. The van der Waals surface area contributed by atoms with Crippen molar-refractivity contribution in [1.82, 2.24) is 19.8 Å². The normalized spacial score (nSPS) is 21.4. The van der Waals surface area contributed by atoms with E-state index < -0.39 is 0 Å². The highest BCUT2D eigenvalue weighted by atomic mass is 16.5. The molecule has 0 saturated carbocycles. The van der Waals surface area contributed by atoms with E-state index >= 15 is 0 Å². The van der Waals surface area contributed by atoms with E-state index in [0.717, 1.165) is 55.7 Å². The number of aromatic nitrogens is 2. The molecular weight excluding hydrogens is 480 g/mol. The number of likely N-dealkylation sites (tertiary alicyclic amines) is 1. The molecule has 9 nitrogen and oxygen atoms in total. The average Bonchev–Trinajstić information content (AvgIpc) is 3.52. The zero-order valence-corrected chi connectivity index (χ0v) is 22.2. The van der Waals surface area contributed by atoms with Crippen molar-refractivity contribution in [2.75, 3.05) is 56.2 Å². The quantitative estimate of drug-likeness (QED) is 0.546. The van der Waals surface area contributed by atoms with Crippen molar-refractivity contribution in [1.29, 1.82) is 0 Å². The van der Waals surface area contributed by atoms with Crippen LogP contribution in [0.15, 0.2) is 30.9 Å². The van der Waals surface area contributed by atoms with Crippen molar-refractivity contribution >= 4 is 23.3 Å². The second-order valence-corrected chi connectivity index (χ2v) is 10.8. The summed E-state index contributed by atoms with van der Waals surface area (Å²) in [4.78, 5) is 43.7. The molecule has 0 N–H and O–H groups in total. The maximum absolute atomic E-state index is 13.9. The Morgan fingerprint density at radius 1 is 1.08 bits per heavy atom. The number of hydrogen-bond acceptors (Lipinski definition) is 7. The Morgan fingerprint density at radius 2 is 1.89 bits per heavy atom. The van der Waals surface area contributed by atoms with E-state index in [4.69, 9.17) is 9.72 Å².